The van der Waals surface area contributed by atoms with Gasteiger partial charge in [0.25, 0.3) is 0 Å². The first-order chi connectivity index (χ1) is 8.66. The molecule has 1 fully saturated rings. The van der Waals surface area contributed by atoms with Gasteiger partial charge >= 0.3 is 0 Å². The van der Waals surface area contributed by atoms with Crippen molar-refractivity contribution in [1.29, 1.82) is 0 Å². The Morgan fingerprint density at radius 1 is 1.28 bits per heavy atom. The van der Waals surface area contributed by atoms with Gasteiger partial charge in [0.2, 0.25) is 0 Å². The Balaban J connectivity index is 1.87. The first kappa shape index (κ1) is 13.2. The van der Waals surface area contributed by atoms with Gasteiger partial charge in [-0.15, -0.1) is 0 Å². The molecule has 18 heavy (non-hydrogen) atoms. The number of likely N-dealkylation sites (tertiary alicyclic amines) is 1. The zero-order chi connectivity index (χ0) is 13.0. The van der Waals surface area contributed by atoms with Gasteiger partial charge in [-0.3, -0.25) is 9.69 Å². The zero-order valence-corrected chi connectivity index (χ0v) is 11.3. The quantitative estimate of drug-likeness (QED) is 0.758. The highest BCUT2D eigenvalue weighted by molar-refractivity contribution is 5.97. The summed E-state index contributed by atoms with van der Waals surface area (Å²) in [5, 5.41) is 0. The SMILES string of the molecule is CN1CCC(N(C)CC(=O)c2ccccc2)CC1. The van der Waals surface area contributed by atoms with E-state index >= 15 is 0 Å². The summed E-state index contributed by atoms with van der Waals surface area (Å²) in [4.78, 5) is 16.7. The molecule has 1 aliphatic rings. The van der Waals surface area contributed by atoms with Gasteiger partial charge in [-0.2, -0.15) is 0 Å². The smallest absolute Gasteiger partial charge is 0.176 e. The van der Waals surface area contributed by atoms with Crippen molar-refractivity contribution < 1.29 is 4.79 Å². The number of carbonyl (C=O) groups excluding carboxylic acids is 1. The Bertz CT molecular complexity index is 383. The molecular weight excluding hydrogens is 224 g/mol. The van der Waals surface area contributed by atoms with Gasteiger partial charge in [0.05, 0.1) is 6.54 Å². The highest BCUT2D eigenvalue weighted by Gasteiger charge is 2.22. The van der Waals surface area contributed by atoms with Crippen molar-refractivity contribution in [3.63, 3.8) is 0 Å². The van der Waals surface area contributed by atoms with E-state index in [1.54, 1.807) is 0 Å². The van der Waals surface area contributed by atoms with Crippen molar-refractivity contribution in [2.75, 3.05) is 33.7 Å². The number of Topliss-reactive ketones (excluding diaryl/α,β-unsaturated/α-hetero) is 1. The van der Waals surface area contributed by atoms with Crippen LogP contribution in [0, 0.1) is 0 Å². The first-order valence-corrected chi connectivity index (χ1v) is 6.64. The van der Waals surface area contributed by atoms with Crippen LogP contribution in [0.4, 0.5) is 0 Å². The lowest BCUT2D eigenvalue weighted by Gasteiger charge is -2.34. The third-order valence-electron chi connectivity index (χ3n) is 3.80. The summed E-state index contributed by atoms with van der Waals surface area (Å²) in [6.45, 7) is 2.79. The molecule has 0 aliphatic carbocycles. The van der Waals surface area contributed by atoms with Crippen LogP contribution in [0.5, 0.6) is 0 Å². The van der Waals surface area contributed by atoms with Gasteiger partial charge in [0, 0.05) is 11.6 Å². The number of rotatable bonds is 4. The molecule has 1 aromatic carbocycles. The van der Waals surface area contributed by atoms with Gasteiger partial charge < -0.3 is 4.90 Å². The van der Waals surface area contributed by atoms with E-state index in [2.05, 4.69) is 23.9 Å². The Hall–Kier alpha value is -1.19. The Kier molecular flexibility index (Phi) is 4.50. The standard InChI is InChI=1S/C15H22N2O/c1-16-10-8-14(9-11-16)17(2)12-15(18)13-6-4-3-5-7-13/h3-7,14H,8-12H2,1-2H3. The van der Waals surface area contributed by atoms with Crippen molar-refractivity contribution in [2.45, 2.75) is 18.9 Å². The molecule has 98 valence electrons. The number of likely N-dealkylation sites (N-methyl/N-ethyl adjacent to an activating group) is 1. The molecule has 2 rings (SSSR count). The van der Waals surface area contributed by atoms with Crippen molar-refractivity contribution in [1.82, 2.24) is 9.80 Å². The van der Waals surface area contributed by atoms with Crippen LogP contribution in [0.3, 0.4) is 0 Å². The molecule has 0 amide bonds. The molecule has 1 heterocycles. The maximum atomic E-state index is 12.1. The number of benzene rings is 1. The van der Waals surface area contributed by atoms with Crippen LogP contribution in [-0.2, 0) is 0 Å². The minimum Gasteiger partial charge on any atom is -0.306 e. The van der Waals surface area contributed by atoms with Crippen LogP contribution in [-0.4, -0.2) is 55.4 Å². The van der Waals surface area contributed by atoms with E-state index in [0.717, 1.165) is 31.5 Å². The molecule has 3 heteroatoms. The predicted octanol–water partition coefficient (Wildman–Crippen LogP) is 1.90. The fourth-order valence-electron chi connectivity index (χ4n) is 2.51. The molecule has 0 radical (unpaired) electrons. The molecule has 3 nitrogen and oxygen atoms in total. The maximum absolute atomic E-state index is 12.1. The summed E-state index contributed by atoms with van der Waals surface area (Å²) in [6.07, 6.45) is 2.32. The number of hydrogen-bond acceptors (Lipinski definition) is 3. The number of piperidine rings is 1. The van der Waals surface area contributed by atoms with Crippen molar-refractivity contribution in [2.24, 2.45) is 0 Å². The largest absolute Gasteiger partial charge is 0.306 e. The van der Waals surface area contributed by atoms with Crippen LogP contribution in [0.25, 0.3) is 0 Å². The fourth-order valence-corrected chi connectivity index (χ4v) is 2.51. The summed E-state index contributed by atoms with van der Waals surface area (Å²) in [7, 11) is 4.22. The van der Waals surface area contributed by atoms with Gasteiger partial charge in [-0.25, -0.2) is 0 Å². The van der Waals surface area contributed by atoms with Gasteiger partial charge in [-0.05, 0) is 40.0 Å². The lowest BCUT2D eigenvalue weighted by molar-refractivity contribution is 0.0871. The molecule has 0 saturated carbocycles. The molecule has 1 aliphatic heterocycles. The minimum atomic E-state index is 0.219. The Labute approximate surface area is 109 Å². The monoisotopic (exact) mass is 246 g/mol. The average Bonchev–Trinajstić information content (AvgIpc) is 2.40. The molecule has 0 bridgehead atoms. The Morgan fingerprint density at radius 2 is 1.89 bits per heavy atom. The number of carbonyl (C=O) groups is 1. The molecule has 1 saturated heterocycles. The summed E-state index contributed by atoms with van der Waals surface area (Å²) in [5.41, 5.74) is 0.817. The van der Waals surface area contributed by atoms with Crippen LogP contribution in [0.2, 0.25) is 0 Å². The van der Waals surface area contributed by atoms with E-state index in [1.807, 2.05) is 30.3 Å². The lowest BCUT2D eigenvalue weighted by Crippen LogP contribution is -2.43. The van der Waals surface area contributed by atoms with Gasteiger partial charge in [-0.1, -0.05) is 30.3 Å². The van der Waals surface area contributed by atoms with Crippen LogP contribution < -0.4 is 0 Å². The summed E-state index contributed by atoms with van der Waals surface area (Å²) >= 11 is 0. The zero-order valence-electron chi connectivity index (χ0n) is 11.3. The number of hydrogen-bond donors (Lipinski definition) is 0. The highest BCUT2D eigenvalue weighted by Crippen LogP contribution is 2.14. The molecule has 0 N–H and O–H groups in total. The third kappa shape index (κ3) is 3.40. The van der Waals surface area contributed by atoms with E-state index in [1.165, 1.54) is 0 Å². The molecule has 0 unspecified atom stereocenters. The number of nitrogens with zero attached hydrogens (tertiary/aromatic N) is 2. The summed E-state index contributed by atoms with van der Waals surface area (Å²) in [5.74, 6) is 0.219. The maximum Gasteiger partial charge on any atom is 0.176 e. The van der Waals surface area contributed by atoms with Crippen molar-refractivity contribution >= 4 is 5.78 Å². The molecular formula is C15H22N2O. The first-order valence-electron chi connectivity index (χ1n) is 6.64. The highest BCUT2D eigenvalue weighted by atomic mass is 16.1. The average molecular weight is 246 g/mol. The van der Waals surface area contributed by atoms with Crippen molar-refractivity contribution in [3.05, 3.63) is 35.9 Å². The topological polar surface area (TPSA) is 23.6 Å². The van der Waals surface area contributed by atoms with E-state index in [9.17, 15) is 4.79 Å². The summed E-state index contributed by atoms with van der Waals surface area (Å²) in [6, 6.07) is 10.1. The second-order valence-corrected chi connectivity index (χ2v) is 5.24. The second kappa shape index (κ2) is 6.12. The van der Waals surface area contributed by atoms with Crippen LogP contribution in [0.1, 0.15) is 23.2 Å². The summed E-state index contributed by atoms with van der Waals surface area (Å²) < 4.78 is 0. The van der Waals surface area contributed by atoms with Crippen LogP contribution >= 0.6 is 0 Å². The lowest BCUT2D eigenvalue weighted by atomic mass is 10.0. The predicted molar refractivity (Wildman–Crippen MR) is 73.9 cm³/mol. The van der Waals surface area contributed by atoms with E-state index < -0.39 is 0 Å². The molecule has 1 aromatic rings. The van der Waals surface area contributed by atoms with Crippen molar-refractivity contribution in [3.8, 4) is 0 Å². The molecule has 0 spiro atoms. The third-order valence-corrected chi connectivity index (χ3v) is 3.80. The Morgan fingerprint density at radius 3 is 2.50 bits per heavy atom. The molecule has 0 atom stereocenters. The van der Waals surface area contributed by atoms with E-state index in [-0.39, 0.29) is 5.78 Å². The van der Waals surface area contributed by atoms with Gasteiger partial charge in [0.15, 0.2) is 5.78 Å². The van der Waals surface area contributed by atoms with Gasteiger partial charge in [0.1, 0.15) is 0 Å². The van der Waals surface area contributed by atoms with E-state index in [4.69, 9.17) is 0 Å². The normalized spacial score (nSPS) is 18.2. The second-order valence-electron chi connectivity index (χ2n) is 5.24. The fraction of sp³-hybridized carbons (Fsp3) is 0.533. The van der Waals surface area contributed by atoms with E-state index in [0.29, 0.717) is 12.6 Å². The van der Waals surface area contributed by atoms with Crippen LogP contribution in [0.15, 0.2) is 30.3 Å². The molecule has 0 aromatic heterocycles. The minimum absolute atomic E-state index is 0.219. The number of ketones is 1.